The molecule has 2 N–H and O–H groups in total. The maximum atomic E-state index is 11.6. The number of aryl methyl sites for hydroxylation is 2. The molecule has 5 rings (SSSR count). The summed E-state index contributed by atoms with van der Waals surface area (Å²) in [6, 6.07) is 4.06. The highest BCUT2D eigenvalue weighted by Crippen LogP contribution is 2.27. The predicted octanol–water partition coefficient (Wildman–Crippen LogP) is 3.07. The van der Waals surface area contributed by atoms with Gasteiger partial charge in [-0.25, -0.2) is 9.97 Å². The monoisotopic (exact) mass is 430 g/mol. The summed E-state index contributed by atoms with van der Waals surface area (Å²) >= 11 is 0. The number of nitrogens with one attached hydrogen (secondary N) is 2. The van der Waals surface area contributed by atoms with Gasteiger partial charge in [0.15, 0.2) is 5.82 Å². The Labute approximate surface area is 184 Å². The number of hydrogen-bond donors (Lipinski definition) is 2. The predicted molar refractivity (Wildman–Crippen MR) is 120 cm³/mol. The van der Waals surface area contributed by atoms with E-state index in [1.54, 1.807) is 12.4 Å². The van der Waals surface area contributed by atoms with Crippen LogP contribution < -0.4 is 10.6 Å². The minimum absolute atomic E-state index is 0.279. The maximum absolute atomic E-state index is 11.6. The Morgan fingerprint density at radius 2 is 2.09 bits per heavy atom. The van der Waals surface area contributed by atoms with Crippen molar-refractivity contribution in [3.8, 4) is 5.82 Å². The van der Waals surface area contributed by atoms with E-state index in [4.69, 9.17) is 9.72 Å². The lowest BCUT2D eigenvalue weighted by Gasteiger charge is -2.25. The van der Waals surface area contributed by atoms with Crippen molar-refractivity contribution in [2.24, 2.45) is 0 Å². The first-order valence-electron chi connectivity index (χ1n) is 10.2. The van der Waals surface area contributed by atoms with Crippen molar-refractivity contribution < 1.29 is 9.53 Å². The summed E-state index contributed by atoms with van der Waals surface area (Å²) in [6.45, 7) is 8.78. The zero-order valence-electron chi connectivity index (χ0n) is 17.7. The minimum Gasteiger partial charge on any atom is -0.377 e. The van der Waals surface area contributed by atoms with Crippen LogP contribution in [0.2, 0.25) is 0 Å². The van der Waals surface area contributed by atoms with Crippen molar-refractivity contribution >= 4 is 34.4 Å². The average molecular weight is 430 g/mol. The highest BCUT2D eigenvalue weighted by Gasteiger charge is 2.21. The van der Waals surface area contributed by atoms with Crippen LogP contribution in [0.1, 0.15) is 17.2 Å². The van der Waals surface area contributed by atoms with E-state index in [1.165, 1.54) is 6.08 Å². The summed E-state index contributed by atoms with van der Waals surface area (Å²) in [5.41, 5.74) is 3.25. The molecular weight excluding hydrogens is 408 g/mol. The summed E-state index contributed by atoms with van der Waals surface area (Å²) in [5.74, 6) is 1.54. The number of hydrogen-bond acceptors (Lipinski definition) is 7. The average Bonchev–Trinajstić information content (AvgIpc) is 3.32. The number of rotatable bonds is 6. The smallest absolute Gasteiger partial charge is 0.247 e. The molecule has 1 aliphatic heterocycles. The van der Waals surface area contributed by atoms with Crippen LogP contribution in [0, 0.1) is 13.8 Å². The van der Waals surface area contributed by atoms with Gasteiger partial charge in [-0.15, -0.1) is 0 Å². The molecule has 0 atom stereocenters. The summed E-state index contributed by atoms with van der Waals surface area (Å²) in [7, 11) is 0. The second-order valence-electron chi connectivity index (χ2n) is 7.67. The van der Waals surface area contributed by atoms with Crippen molar-refractivity contribution in [1.82, 2.24) is 29.3 Å². The largest absolute Gasteiger partial charge is 0.377 e. The van der Waals surface area contributed by atoms with Crippen molar-refractivity contribution in [1.29, 1.82) is 0 Å². The van der Waals surface area contributed by atoms with Gasteiger partial charge in [-0.2, -0.15) is 10.1 Å². The second-order valence-corrected chi connectivity index (χ2v) is 7.67. The van der Waals surface area contributed by atoms with Gasteiger partial charge in [-0.1, -0.05) is 6.58 Å². The number of aromatic nitrogens is 6. The van der Waals surface area contributed by atoms with Gasteiger partial charge >= 0.3 is 0 Å². The van der Waals surface area contributed by atoms with Gasteiger partial charge in [0.05, 0.1) is 31.1 Å². The molecule has 1 aliphatic rings. The van der Waals surface area contributed by atoms with Gasteiger partial charge < -0.3 is 15.4 Å². The first-order valence-corrected chi connectivity index (χ1v) is 10.2. The molecule has 10 heteroatoms. The van der Waals surface area contributed by atoms with E-state index in [0.717, 1.165) is 22.2 Å². The molecule has 0 spiro atoms. The SMILES string of the molecule is C=CC(=O)Nc1cnc2c(c1)c(C)cn2-c1nc(Nc2ccn(C3COC3)n2)ncc1C. The van der Waals surface area contributed by atoms with Gasteiger partial charge in [0.1, 0.15) is 11.5 Å². The number of pyridine rings is 1. The van der Waals surface area contributed by atoms with Crippen LogP contribution in [-0.4, -0.2) is 48.4 Å². The van der Waals surface area contributed by atoms with E-state index in [9.17, 15) is 4.79 Å². The molecule has 0 radical (unpaired) electrons. The van der Waals surface area contributed by atoms with Crippen molar-refractivity contribution in [3.63, 3.8) is 0 Å². The summed E-state index contributed by atoms with van der Waals surface area (Å²) in [6.07, 6.45) is 8.50. The van der Waals surface area contributed by atoms with Gasteiger partial charge in [0.2, 0.25) is 11.9 Å². The number of ether oxygens (including phenoxy) is 1. The van der Waals surface area contributed by atoms with E-state index in [1.807, 2.05) is 47.6 Å². The minimum atomic E-state index is -0.280. The summed E-state index contributed by atoms with van der Waals surface area (Å²) in [4.78, 5) is 25.3. The van der Waals surface area contributed by atoms with E-state index < -0.39 is 0 Å². The molecule has 162 valence electrons. The third-order valence-corrected chi connectivity index (χ3v) is 5.31. The second kappa shape index (κ2) is 7.89. The fourth-order valence-electron chi connectivity index (χ4n) is 3.52. The Hall–Kier alpha value is -4.05. The van der Waals surface area contributed by atoms with Crippen LogP contribution in [0.4, 0.5) is 17.5 Å². The molecule has 1 saturated heterocycles. The highest BCUT2D eigenvalue weighted by atomic mass is 16.5. The molecule has 0 saturated carbocycles. The Morgan fingerprint density at radius 3 is 2.84 bits per heavy atom. The van der Waals surface area contributed by atoms with Crippen LogP contribution in [0.25, 0.3) is 16.9 Å². The zero-order chi connectivity index (χ0) is 22.2. The molecule has 0 unspecified atom stereocenters. The fourth-order valence-corrected chi connectivity index (χ4v) is 3.52. The molecule has 4 aromatic heterocycles. The number of anilines is 3. The quantitative estimate of drug-likeness (QED) is 0.452. The van der Waals surface area contributed by atoms with Crippen molar-refractivity contribution in [3.05, 3.63) is 60.7 Å². The highest BCUT2D eigenvalue weighted by molar-refractivity contribution is 6.00. The Bertz CT molecular complexity index is 1340. The molecule has 4 aromatic rings. The van der Waals surface area contributed by atoms with Gasteiger partial charge in [0, 0.05) is 35.6 Å². The number of carbonyl (C=O) groups excluding carboxylic acids is 1. The fraction of sp³-hybridized carbons (Fsp3) is 0.227. The van der Waals surface area contributed by atoms with E-state index in [2.05, 4.69) is 32.3 Å². The van der Waals surface area contributed by atoms with Gasteiger partial charge in [-0.05, 0) is 31.6 Å². The van der Waals surface area contributed by atoms with Crippen molar-refractivity contribution in [2.45, 2.75) is 19.9 Å². The van der Waals surface area contributed by atoms with Crippen LogP contribution in [0.5, 0.6) is 0 Å². The lowest BCUT2D eigenvalue weighted by Crippen LogP contribution is -2.30. The Kier molecular flexibility index (Phi) is 4.91. The molecule has 32 heavy (non-hydrogen) atoms. The van der Waals surface area contributed by atoms with E-state index in [-0.39, 0.29) is 11.9 Å². The molecule has 0 aromatic carbocycles. The number of nitrogens with zero attached hydrogens (tertiary/aromatic N) is 6. The molecule has 0 bridgehead atoms. The first kappa shape index (κ1) is 19.9. The lowest BCUT2D eigenvalue weighted by molar-refractivity contribution is -0.111. The number of amides is 1. The molecule has 0 aliphatic carbocycles. The zero-order valence-corrected chi connectivity index (χ0v) is 17.7. The first-order chi connectivity index (χ1) is 15.5. The molecule has 10 nitrogen and oxygen atoms in total. The summed E-state index contributed by atoms with van der Waals surface area (Å²) in [5, 5.41) is 11.4. The van der Waals surface area contributed by atoms with Crippen LogP contribution in [0.3, 0.4) is 0 Å². The molecule has 5 heterocycles. The molecular formula is C22H22N8O2. The van der Waals surface area contributed by atoms with E-state index >= 15 is 0 Å². The summed E-state index contributed by atoms with van der Waals surface area (Å²) < 4.78 is 9.04. The lowest BCUT2D eigenvalue weighted by atomic mass is 10.2. The standard InChI is InChI=1S/C22H22N8O2/c1-4-19(31)25-15-7-17-14(3)10-29(21(17)23-9-15)20-13(2)8-24-22(27-20)26-18-5-6-30(28-18)16-11-32-12-16/h4-10,16H,1,11-12H2,2-3H3,(H,25,31)(H,24,26,27,28). The maximum Gasteiger partial charge on any atom is 0.247 e. The van der Waals surface area contributed by atoms with Crippen LogP contribution in [-0.2, 0) is 9.53 Å². The Balaban J connectivity index is 1.47. The Morgan fingerprint density at radius 1 is 1.25 bits per heavy atom. The van der Waals surface area contributed by atoms with Gasteiger partial charge in [0.25, 0.3) is 0 Å². The number of carbonyl (C=O) groups is 1. The molecule has 1 amide bonds. The molecule has 1 fully saturated rings. The number of fused-ring (bicyclic) bond motifs is 1. The van der Waals surface area contributed by atoms with Crippen LogP contribution >= 0.6 is 0 Å². The van der Waals surface area contributed by atoms with Gasteiger partial charge in [-0.3, -0.25) is 14.0 Å². The van der Waals surface area contributed by atoms with Crippen molar-refractivity contribution in [2.75, 3.05) is 23.8 Å². The third kappa shape index (κ3) is 3.60. The normalized spacial score (nSPS) is 13.7. The topological polar surface area (TPSA) is 112 Å². The van der Waals surface area contributed by atoms with E-state index in [0.29, 0.717) is 36.5 Å². The van der Waals surface area contributed by atoms with Crippen LogP contribution in [0.15, 0.2) is 49.6 Å². The third-order valence-electron chi connectivity index (χ3n) is 5.31.